The second-order valence-corrected chi connectivity index (χ2v) is 8.95. The van der Waals surface area contributed by atoms with Crippen molar-refractivity contribution in [3.05, 3.63) is 29.1 Å². The molecular formula is C17H24N4O4S. The Kier molecular flexibility index (Phi) is 5.19. The van der Waals surface area contributed by atoms with E-state index in [0.29, 0.717) is 12.2 Å². The lowest BCUT2D eigenvalue weighted by molar-refractivity contribution is 0.157. The number of nitrogens with one attached hydrogen (secondary N) is 2. The van der Waals surface area contributed by atoms with Gasteiger partial charge in [0.25, 0.3) is 0 Å². The number of nitrogens with zero attached hydrogens (tertiary/aromatic N) is 2. The van der Waals surface area contributed by atoms with Gasteiger partial charge < -0.3 is 20.3 Å². The molecule has 1 aliphatic rings. The van der Waals surface area contributed by atoms with Crippen LogP contribution in [0.15, 0.2) is 12.1 Å². The zero-order valence-corrected chi connectivity index (χ0v) is 15.8. The SMILES string of the molecule is Cc1ccc2[nH]c(CNC(=O)N(CCO)[C@@H]3CCS(=O)(=O)C3)nc2c1C. The van der Waals surface area contributed by atoms with Gasteiger partial charge >= 0.3 is 6.03 Å². The third kappa shape index (κ3) is 3.83. The Bertz CT molecular complexity index is 922. The predicted molar refractivity (Wildman–Crippen MR) is 98.7 cm³/mol. The van der Waals surface area contributed by atoms with Gasteiger partial charge in [-0.15, -0.1) is 0 Å². The number of rotatable bonds is 5. The first-order chi connectivity index (χ1) is 12.3. The van der Waals surface area contributed by atoms with E-state index in [4.69, 9.17) is 0 Å². The van der Waals surface area contributed by atoms with E-state index in [-0.39, 0.29) is 31.2 Å². The molecule has 2 amide bonds. The molecule has 3 rings (SSSR count). The number of aromatic nitrogens is 2. The molecule has 142 valence electrons. The van der Waals surface area contributed by atoms with Crippen LogP contribution in [0.1, 0.15) is 23.4 Å². The van der Waals surface area contributed by atoms with E-state index in [2.05, 4.69) is 15.3 Å². The Morgan fingerprint density at radius 1 is 1.42 bits per heavy atom. The summed E-state index contributed by atoms with van der Waals surface area (Å²) >= 11 is 0. The molecule has 9 heteroatoms. The number of aromatic amines is 1. The Balaban J connectivity index is 1.69. The molecule has 1 fully saturated rings. The molecule has 2 heterocycles. The molecule has 0 bridgehead atoms. The summed E-state index contributed by atoms with van der Waals surface area (Å²) in [7, 11) is -3.11. The van der Waals surface area contributed by atoms with Crippen LogP contribution in [-0.4, -0.2) is 65.1 Å². The summed E-state index contributed by atoms with van der Waals surface area (Å²) in [5.41, 5.74) is 4.03. The third-order valence-corrected chi connectivity index (χ3v) is 6.64. The van der Waals surface area contributed by atoms with Crippen LogP contribution in [0, 0.1) is 13.8 Å². The lowest BCUT2D eigenvalue weighted by atomic mass is 10.1. The van der Waals surface area contributed by atoms with Crippen molar-refractivity contribution in [3.8, 4) is 0 Å². The van der Waals surface area contributed by atoms with Gasteiger partial charge in [0, 0.05) is 12.6 Å². The Labute approximate surface area is 152 Å². The summed E-state index contributed by atoms with van der Waals surface area (Å²) in [5, 5.41) is 12.0. The average Bonchev–Trinajstić information content (AvgIpc) is 3.17. The van der Waals surface area contributed by atoms with Crippen LogP contribution < -0.4 is 5.32 Å². The minimum absolute atomic E-state index is 0.0521. The number of carbonyl (C=O) groups excluding carboxylic acids is 1. The predicted octanol–water partition coefficient (Wildman–Crippen LogP) is 0.871. The fourth-order valence-electron chi connectivity index (χ4n) is 3.29. The third-order valence-electron chi connectivity index (χ3n) is 4.89. The maximum Gasteiger partial charge on any atom is 0.318 e. The highest BCUT2D eigenvalue weighted by atomic mass is 32.2. The van der Waals surface area contributed by atoms with Gasteiger partial charge in [0.1, 0.15) is 5.82 Å². The lowest BCUT2D eigenvalue weighted by Gasteiger charge is -2.27. The first-order valence-corrected chi connectivity index (χ1v) is 10.4. The standard InChI is InChI=1S/C17H24N4O4S/c1-11-3-4-14-16(12(11)2)20-15(19-14)9-18-17(23)21(6-7-22)13-5-8-26(24,25)10-13/h3-4,13,22H,5-10H2,1-2H3,(H,18,23)(H,19,20)/t13-/m1/s1. The molecule has 0 unspecified atom stereocenters. The van der Waals surface area contributed by atoms with Gasteiger partial charge in [0.05, 0.1) is 35.7 Å². The number of benzene rings is 1. The van der Waals surface area contributed by atoms with Crippen LogP contribution in [0.25, 0.3) is 11.0 Å². The van der Waals surface area contributed by atoms with Crippen molar-refractivity contribution in [3.63, 3.8) is 0 Å². The molecule has 0 saturated carbocycles. The van der Waals surface area contributed by atoms with Gasteiger partial charge in [-0.3, -0.25) is 0 Å². The van der Waals surface area contributed by atoms with E-state index in [0.717, 1.165) is 22.2 Å². The largest absolute Gasteiger partial charge is 0.395 e. The van der Waals surface area contributed by atoms with E-state index in [1.165, 1.54) is 4.90 Å². The highest BCUT2D eigenvalue weighted by molar-refractivity contribution is 7.91. The molecule has 0 spiro atoms. The van der Waals surface area contributed by atoms with Crippen LogP contribution in [0.2, 0.25) is 0 Å². The van der Waals surface area contributed by atoms with Crippen molar-refractivity contribution < 1.29 is 18.3 Å². The van der Waals surface area contributed by atoms with E-state index in [1.54, 1.807) is 0 Å². The number of hydrogen-bond donors (Lipinski definition) is 3. The maximum atomic E-state index is 12.5. The highest BCUT2D eigenvalue weighted by Gasteiger charge is 2.34. The fraction of sp³-hybridized carbons (Fsp3) is 0.529. The van der Waals surface area contributed by atoms with Crippen molar-refractivity contribution in [2.24, 2.45) is 0 Å². The summed E-state index contributed by atoms with van der Waals surface area (Å²) in [6, 6.07) is 3.18. The summed E-state index contributed by atoms with van der Waals surface area (Å²) in [6.45, 7) is 4.11. The Hall–Kier alpha value is -2.13. The number of urea groups is 1. The number of sulfone groups is 1. The van der Waals surface area contributed by atoms with Crippen molar-refractivity contribution >= 4 is 26.9 Å². The number of fused-ring (bicyclic) bond motifs is 1. The molecule has 3 N–H and O–H groups in total. The first-order valence-electron chi connectivity index (χ1n) is 8.61. The molecule has 0 aliphatic carbocycles. The highest BCUT2D eigenvalue weighted by Crippen LogP contribution is 2.20. The van der Waals surface area contributed by atoms with E-state index in [9.17, 15) is 18.3 Å². The molecular weight excluding hydrogens is 356 g/mol. The topological polar surface area (TPSA) is 115 Å². The van der Waals surface area contributed by atoms with Crippen molar-refractivity contribution in [1.82, 2.24) is 20.2 Å². The van der Waals surface area contributed by atoms with Gasteiger partial charge in [0.15, 0.2) is 9.84 Å². The van der Waals surface area contributed by atoms with Gasteiger partial charge in [-0.25, -0.2) is 18.2 Å². The number of imidazole rings is 1. The normalized spacial score (nSPS) is 19.0. The summed E-state index contributed by atoms with van der Waals surface area (Å²) in [5.74, 6) is 0.656. The Morgan fingerprint density at radius 3 is 2.85 bits per heavy atom. The van der Waals surface area contributed by atoms with Crippen LogP contribution >= 0.6 is 0 Å². The van der Waals surface area contributed by atoms with Gasteiger partial charge in [-0.1, -0.05) is 6.07 Å². The van der Waals surface area contributed by atoms with E-state index < -0.39 is 21.9 Å². The lowest BCUT2D eigenvalue weighted by Crippen LogP contribution is -2.47. The molecule has 1 aromatic heterocycles. The minimum atomic E-state index is -3.11. The first kappa shape index (κ1) is 18.7. The number of aryl methyl sites for hydroxylation is 2. The smallest absolute Gasteiger partial charge is 0.318 e. The molecule has 2 aromatic rings. The molecule has 1 atom stereocenters. The summed E-state index contributed by atoms with van der Waals surface area (Å²) in [6.07, 6.45) is 0.402. The maximum absolute atomic E-state index is 12.5. The number of aliphatic hydroxyl groups excluding tert-OH is 1. The Morgan fingerprint density at radius 2 is 2.19 bits per heavy atom. The summed E-state index contributed by atoms with van der Waals surface area (Å²) in [4.78, 5) is 21.6. The second kappa shape index (κ2) is 7.24. The number of aliphatic hydroxyl groups is 1. The van der Waals surface area contributed by atoms with Gasteiger partial charge in [0.2, 0.25) is 0 Å². The molecule has 0 radical (unpaired) electrons. The van der Waals surface area contributed by atoms with E-state index >= 15 is 0 Å². The van der Waals surface area contributed by atoms with Crippen LogP contribution in [0.3, 0.4) is 0 Å². The molecule has 1 aromatic carbocycles. The van der Waals surface area contributed by atoms with E-state index in [1.807, 2.05) is 26.0 Å². The number of carbonyl (C=O) groups is 1. The molecule has 1 saturated heterocycles. The fourth-order valence-corrected chi connectivity index (χ4v) is 5.02. The van der Waals surface area contributed by atoms with Crippen LogP contribution in [0.4, 0.5) is 4.79 Å². The molecule has 8 nitrogen and oxygen atoms in total. The van der Waals surface area contributed by atoms with Crippen molar-refractivity contribution in [2.75, 3.05) is 24.7 Å². The number of hydrogen-bond acceptors (Lipinski definition) is 5. The summed E-state index contributed by atoms with van der Waals surface area (Å²) < 4.78 is 23.3. The van der Waals surface area contributed by atoms with Gasteiger partial charge in [-0.05, 0) is 37.5 Å². The monoisotopic (exact) mass is 380 g/mol. The number of H-pyrrole nitrogens is 1. The van der Waals surface area contributed by atoms with Crippen molar-refractivity contribution in [1.29, 1.82) is 0 Å². The van der Waals surface area contributed by atoms with Gasteiger partial charge in [-0.2, -0.15) is 0 Å². The zero-order valence-electron chi connectivity index (χ0n) is 14.9. The van der Waals surface area contributed by atoms with Crippen LogP contribution in [0.5, 0.6) is 0 Å². The zero-order chi connectivity index (χ0) is 18.9. The van der Waals surface area contributed by atoms with Crippen molar-refractivity contribution in [2.45, 2.75) is 32.9 Å². The van der Waals surface area contributed by atoms with Crippen LogP contribution in [-0.2, 0) is 16.4 Å². The average molecular weight is 380 g/mol. The quantitative estimate of drug-likeness (QED) is 0.712. The molecule has 26 heavy (non-hydrogen) atoms. The second-order valence-electron chi connectivity index (χ2n) is 6.72. The number of amides is 2. The minimum Gasteiger partial charge on any atom is -0.395 e. The molecule has 1 aliphatic heterocycles.